The summed E-state index contributed by atoms with van der Waals surface area (Å²) in [5.41, 5.74) is 5.16. The first-order chi connectivity index (χ1) is 11.6. The van der Waals surface area contributed by atoms with Gasteiger partial charge in [0.1, 0.15) is 5.52 Å². The third-order valence-corrected chi connectivity index (χ3v) is 3.78. The van der Waals surface area contributed by atoms with Gasteiger partial charge in [-0.05, 0) is 35.9 Å². The molecule has 2 heterocycles. The Morgan fingerprint density at radius 2 is 2.08 bits per heavy atom. The van der Waals surface area contributed by atoms with E-state index in [9.17, 15) is 9.59 Å². The number of anilines is 2. The Kier molecular flexibility index (Phi) is 3.13. The van der Waals surface area contributed by atoms with Crippen LogP contribution in [-0.2, 0) is 9.59 Å². The molecule has 118 valence electrons. The van der Waals surface area contributed by atoms with Crippen LogP contribution < -0.4 is 10.6 Å². The fourth-order valence-corrected chi connectivity index (χ4v) is 2.74. The molecule has 0 unspecified atom stereocenters. The first-order valence-corrected chi connectivity index (χ1v) is 7.36. The summed E-state index contributed by atoms with van der Waals surface area (Å²) in [4.78, 5) is 23.4. The molecule has 0 bridgehead atoms. The summed E-state index contributed by atoms with van der Waals surface area (Å²) >= 11 is 0. The smallest absolute Gasteiger partial charge is 0.256 e. The number of fused-ring (bicyclic) bond motifs is 2. The highest BCUT2D eigenvalue weighted by Crippen LogP contribution is 2.35. The summed E-state index contributed by atoms with van der Waals surface area (Å²) < 4.78 is 0. The molecule has 0 atom stereocenters. The van der Waals surface area contributed by atoms with Crippen molar-refractivity contribution in [1.82, 2.24) is 15.4 Å². The predicted molar refractivity (Wildman–Crippen MR) is 91.1 cm³/mol. The molecule has 0 spiro atoms. The molecule has 2 aromatic carbocycles. The van der Waals surface area contributed by atoms with Gasteiger partial charge in [0, 0.05) is 23.7 Å². The van der Waals surface area contributed by atoms with Crippen LogP contribution in [0.25, 0.3) is 22.7 Å². The number of carbonyl (C=O) groups is 2. The molecule has 1 aliphatic rings. The topological polar surface area (TPSA) is 99.8 Å². The van der Waals surface area contributed by atoms with Gasteiger partial charge in [-0.1, -0.05) is 17.3 Å². The molecule has 0 saturated carbocycles. The van der Waals surface area contributed by atoms with Crippen LogP contribution in [0.3, 0.4) is 0 Å². The molecule has 7 nitrogen and oxygen atoms in total. The van der Waals surface area contributed by atoms with Gasteiger partial charge in [0.2, 0.25) is 5.91 Å². The fourth-order valence-electron chi connectivity index (χ4n) is 2.74. The zero-order chi connectivity index (χ0) is 16.7. The summed E-state index contributed by atoms with van der Waals surface area (Å²) in [5, 5.41) is 16.0. The molecule has 1 aromatic heterocycles. The second-order valence-electron chi connectivity index (χ2n) is 5.54. The summed E-state index contributed by atoms with van der Waals surface area (Å²) in [7, 11) is 0. The Bertz CT molecular complexity index is 1020. The Morgan fingerprint density at radius 3 is 2.92 bits per heavy atom. The highest BCUT2D eigenvalue weighted by Gasteiger charge is 2.24. The molecule has 0 radical (unpaired) electrons. The number of amides is 2. The van der Waals surface area contributed by atoms with Gasteiger partial charge in [0.15, 0.2) is 0 Å². The van der Waals surface area contributed by atoms with Gasteiger partial charge in [0.05, 0.1) is 11.2 Å². The Hall–Kier alpha value is -3.48. The number of aromatic nitrogens is 3. The van der Waals surface area contributed by atoms with E-state index in [0.29, 0.717) is 16.9 Å². The molecular formula is C17H13N5O2. The van der Waals surface area contributed by atoms with Crippen LogP contribution >= 0.6 is 0 Å². The number of hydrogen-bond acceptors (Lipinski definition) is 4. The molecule has 3 N–H and O–H groups in total. The van der Waals surface area contributed by atoms with Gasteiger partial charge >= 0.3 is 0 Å². The lowest BCUT2D eigenvalue weighted by Gasteiger charge is -2.04. The minimum absolute atomic E-state index is 0.156. The molecule has 0 saturated heterocycles. The second kappa shape index (κ2) is 5.31. The van der Waals surface area contributed by atoms with E-state index in [1.807, 2.05) is 30.3 Å². The van der Waals surface area contributed by atoms with E-state index in [1.165, 1.54) is 6.92 Å². The normalized spacial score (nSPS) is 14.7. The van der Waals surface area contributed by atoms with E-state index in [1.54, 1.807) is 12.1 Å². The standard InChI is InChI=1S/C17H13N5O2/c1-9(23)18-11-3-4-12-13(17(24)19-15(12)8-11)6-10-2-5-14-16(7-10)21-22-20-14/h2-8H,1H3,(H,18,23)(H,19,24)(H,20,21,22)/b13-6+. The Labute approximate surface area is 136 Å². The van der Waals surface area contributed by atoms with Gasteiger partial charge in [-0.15, -0.1) is 5.10 Å². The highest BCUT2D eigenvalue weighted by atomic mass is 16.2. The van der Waals surface area contributed by atoms with Gasteiger partial charge < -0.3 is 10.6 Å². The van der Waals surface area contributed by atoms with Gasteiger partial charge in [-0.25, -0.2) is 0 Å². The lowest BCUT2D eigenvalue weighted by atomic mass is 10.0. The maximum Gasteiger partial charge on any atom is 0.256 e. The third-order valence-electron chi connectivity index (χ3n) is 3.78. The van der Waals surface area contributed by atoms with Crippen LogP contribution in [-0.4, -0.2) is 27.2 Å². The summed E-state index contributed by atoms with van der Waals surface area (Å²) in [6.07, 6.45) is 1.82. The number of nitrogens with zero attached hydrogens (tertiary/aromatic N) is 2. The van der Waals surface area contributed by atoms with Crippen LogP contribution in [0.15, 0.2) is 36.4 Å². The maximum atomic E-state index is 12.3. The first-order valence-electron chi connectivity index (χ1n) is 7.36. The molecule has 0 fully saturated rings. The van der Waals surface area contributed by atoms with Gasteiger partial charge in [-0.2, -0.15) is 0 Å². The molecule has 24 heavy (non-hydrogen) atoms. The number of nitrogens with one attached hydrogen (secondary N) is 3. The Morgan fingerprint density at radius 1 is 1.21 bits per heavy atom. The fraction of sp³-hybridized carbons (Fsp3) is 0.0588. The monoisotopic (exact) mass is 319 g/mol. The highest BCUT2D eigenvalue weighted by molar-refractivity contribution is 6.35. The van der Waals surface area contributed by atoms with Crippen molar-refractivity contribution in [2.45, 2.75) is 6.92 Å². The lowest BCUT2D eigenvalue weighted by molar-refractivity contribution is -0.114. The van der Waals surface area contributed by atoms with Crippen LogP contribution in [0.1, 0.15) is 18.1 Å². The number of benzene rings is 2. The second-order valence-corrected chi connectivity index (χ2v) is 5.54. The molecule has 0 aliphatic carbocycles. The van der Waals surface area contributed by atoms with Crippen molar-refractivity contribution in [2.24, 2.45) is 0 Å². The molecule has 7 heteroatoms. The zero-order valence-electron chi connectivity index (χ0n) is 12.8. The first kappa shape index (κ1) is 14.1. The van der Waals surface area contributed by atoms with Crippen LogP contribution in [0.2, 0.25) is 0 Å². The van der Waals surface area contributed by atoms with E-state index in [4.69, 9.17) is 0 Å². The average molecular weight is 319 g/mol. The largest absolute Gasteiger partial charge is 0.326 e. The van der Waals surface area contributed by atoms with Crippen LogP contribution in [0.4, 0.5) is 11.4 Å². The van der Waals surface area contributed by atoms with E-state index in [0.717, 1.165) is 22.2 Å². The molecule has 3 aromatic rings. The third kappa shape index (κ3) is 2.41. The van der Waals surface area contributed by atoms with Crippen LogP contribution in [0, 0.1) is 0 Å². The maximum absolute atomic E-state index is 12.3. The number of hydrogen-bond donors (Lipinski definition) is 3. The van der Waals surface area contributed by atoms with Crippen molar-refractivity contribution in [1.29, 1.82) is 0 Å². The van der Waals surface area contributed by atoms with E-state index in [-0.39, 0.29) is 11.8 Å². The molecular weight excluding hydrogens is 306 g/mol. The van der Waals surface area contributed by atoms with E-state index < -0.39 is 0 Å². The average Bonchev–Trinajstić information content (AvgIpc) is 3.11. The SMILES string of the molecule is CC(=O)Nc1ccc2c(c1)NC(=O)/C2=C/c1ccc2nn[nH]c2c1. The molecule has 2 amide bonds. The number of H-pyrrole nitrogens is 1. The summed E-state index contributed by atoms with van der Waals surface area (Å²) in [6.45, 7) is 1.44. The lowest BCUT2D eigenvalue weighted by Crippen LogP contribution is -2.06. The van der Waals surface area contributed by atoms with E-state index >= 15 is 0 Å². The number of rotatable bonds is 2. The minimum atomic E-state index is -0.173. The van der Waals surface area contributed by atoms with Crippen molar-refractivity contribution in [3.63, 3.8) is 0 Å². The molecule has 1 aliphatic heterocycles. The van der Waals surface area contributed by atoms with Gasteiger partial charge in [-0.3, -0.25) is 14.7 Å². The van der Waals surface area contributed by atoms with Crippen molar-refractivity contribution >= 4 is 45.9 Å². The number of carbonyl (C=O) groups excluding carboxylic acids is 2. The van der Waals surface area contributed by atoms with Crippen molar-refractivity contribution < 1.29 is 9.59 Å². The Balaban J connectivity index is 1.74. The summed E-state index contributed by atoms with van der Waals surface area (Å²) in [5.74, 6) is -0.329. The van der Waals surface area contributed by atoms with Crippen molar-refractivity contribution in [3.8, 4) is 0 Å². The van der Waals surface area contributed by atoms with Crippen LogP contribution in [0.5, 0.6) is 0 Å². The number of aromatic amines is 1. The van der Waals surface area contributed by atoms with Crippen molar-refractivity contribution in [2.75, 3.05) is 10.6 Å². The van der Waals surface area contributed by atoms with Crippen molar-refractivity contribution in [3.05, 3.63) is 47.5 Å². The minimum Gasteiger partial charge on any atom is -0.326 e. The zero-order valence-corrected chi connectivity index (χ0v) is 12.8. The quantitative estimate of drug-likeness (QED) is 0.631. The van der Waals surface area contributed by atoms with Gasteiger partial charge in [0.25, 0.3) is 5.91 Å². The van der Waals surface area contributed by atoms with E-state index in [2.05, 4.69) is 26.0 Å². The predicted octanol–water partition coefficient (Wildman–Crippen LogP) is 2.41. The molecule has 4 rings (SSSR count). The summed E-state index contributed by atoms with van der Waals surface area (Å²) in [6, 6.07) is 11.0.